The van der Waals surface area contributed by atoms with Gasteiger partial charge in [0.15, 0.2) is 11.9 Å². The van der Waals surface area contributed by atoms with Crippen molar-refractivity contribution in [1.29, 1.82) is 0 Å². The summed E-state index contributed by atoms with van der Waals surface area (Å²) in [5.74, 6) is -2.39. The summed E-state index contributed by atoms with van der Waals surface area (Å²) in [6.45, 7) is 1.58. The van der Waals surface area contributed by atoms with E-state index in [9.17, 15) is 24.6 Å². The topological polar surface area (TPSA) is 119 Å². The van der Waals surface area contributed by atoms with Crippen LogP contribution >= 0.6 is 11.6 Å². The van der Waals surface area contributed by atoms with Crippen LogP contribution in [0.2, 0.25) is 5.02 Å². The molecule has 1 aromatic rings. The van der Waals surface area contributed by atoms with E-state index in [-0.39, 0.29) is 29.0 Å². The maximum absolute atomic E-state index is 12.6. The van der Waals surface area contributed by atoms with Crippen LogP contribution < -0.4 is 0 Å². The number of phenolic OH excluding ortho intramolecular Hbond substituents is 2. The molecule has 0 aromatic heterocycles. The molecule has 0 bridgehead atoms. The molecule has 2 aliphatic heterocycles. The molecule has 1 fully saturated rings. The van der Waals surface area contributed by atoms with Gasteiger partial charge in [-0.25, -0.2) is 9.59 Å². The minimum Gasteiger partial charge on any atom is -0.507 e. The van der Waals surface area contributed by atoms with Gasteiger partial charge in [-0.3, -0.25) is 4.79 Å². The number of carbonyl (C=O) groups excluding carboxylic acids is 3. The number of fused-ring (bicyclic) bond motifs is 2. The minimum atomic E-state index is -0.923. The van der Waals surface area contributed by atoms with Gasteiger partial charge in [0.2, 0.25) is 0 Å². The summed E-state index contributed by atoms with van der Waals surface area (Å²) in [4.78, 5) is 36.3. The third-order valence-corrected chi connectivity index (χ3v) is 4.71. The molecule has 0 spiro atoms. The van der Waals surface area contributed by atoms with E-state index in [1.165, 1.54) is 18.2 Å². The predicted octanol–water partition coefficient (Wildman–Crippen LogP) is 2.83. The van der Waals surface area contributed by atoms with Crippen molar-refractivity contribution in [2.75, 3.05) is 0 Å². The second kappa shape index (κ2) is 7.93. The number of carbonyl (C=O) groups is 3. The lowest BCUT2D eigenvalue weighted by molar-refractivity contribution is -0.114. The van der Waals surface area contributed by atoms with Crippen molar-refractivity contribution in [3.63, 3.8) is 0 Å². The Kier molecular flexibility index (Phi) is 5.60. The van der Waals surface area contributed by atoms with Crippen molar-refractivity contribution < 1.29 is 38.8 Å². The average Bonchev–Trinajstić information content (AvgIpc) is 2.94. The molecule has 9 heteroatoms. The zero-order valence-electron chi connectivity index (χ0n) is 14.8. The highest BCUT2D eigenvalue weighted by atomic mass is 35.5. The number of esters is 1. The van der Waals surface area contributed by atoms with E-state index in [2.05, 4.69) is 0 Å². The normalized spacial score (nSPS) is 27.5. The van der Waals surface area contributed by atoms with Crippen LogP contribution in [0.4, 0.5) is 4.79 Å². The number of rotatable bonds is 0. The minimum absolute atomic E-state index is 0.0411. The Labute approximate surface area is 165 Å². The largest absolute Gasteiger partial charge is 0.509 e. The first kappa shape index (κ1) is 19.8. The molecule has 0 saturated carbocycles. The predicted molar refractivity (Wildman–Crippen MR) is 96.4 cm³/mol. The van der Waals surface area contributed by atoms with E-state index in [1.807, 2.05) is 0 Å². The van der Waals surface area contributed by atoms with E-state index in [4.69, 9.17) is 25.8 Å². The number of ketones is 1. The highest BCUT2D eigenvalue weighted by molar-refractivity contribution is 6.33. The SMILES string of the molecule is C[C@@H]1C[C@H]2OC(=O)O[C@H]2/C=C\C=C\C(=O)Cc2c(Cl)c(O)cc(O)c2C(=O)O1. The number of hydrogen-bond donors (Lipinski definition) is 2. The van der Waals surface area contributed by atoms with Crippen molar-refractivity contribution in [3.8, 4) is 11.5 Å². The van der Waals surface area contributed by atoms with E-state index in [1.54, 1.807) is 13.0 Å². The van der Waals surface area contributed by atoms with Gasteiger partial charge in [0.1, 0.15) is 29.3 Å². The summed E-state index contributed by atoms with van der Waals surface area (Å²) >= 11 is 6.06. The number of hydrogen-bond acceptors (Lipinski definition) is 8. The number of allylic oxidation sites excluding steroid dienone is 3. The van der Waals surface area contributed by atoms with Crippen molar-refractivity contribution >= 4 is 29.5 Å². The van der Waals surface area contributed by atoms with Crippen LogP contribution in [0.5, 0.6) is 11.5 Å². The molecule has 2 aliphatic rings. The molecule has 2 heterocycles. The molecule has 3 atom stereocenters. The maximum atomic E-state index is 12.6. The Balaban J connectivity index is 2.01. The summed E-state index contributed by atoms with van der Waals surface area (Å²) < 4.78 is 15.5. The zero-order chi connectivity index (χ0) is 20.4. The van der Waals surface area contributed by atoms with Gasteiger partial charge in [0, 0.05) is 24.5 Å². The molecular weight excluding hydrogens is 392 g/mol. The van der Waals surface area contributed by atoms with E-state index in [0.29, 0.717) is 0 Å². The van der Waals surface area contributed by atoms with Gasteiger partial charge in [-0.05, 0) is 19.1 Å². The van der Waals surface area contributed by atoms with Crippen LogP contribution in [-0.2, 0) is 25.4 Å². The van der Waals surface area contributed by atoms with Crippen molar-refractivity contribution in [1.82, 2.24) is 0 Å². The van der Waals surface area contributed by atoms with E-state index >= 15 is 0 Å². The first-order chi connectivity index (χ1) is 13.3. The lowest BCUT2D eigenvalue weighted by Crippen LogP contribution is -2.28. The van der Waals surface area contributed by atoms with Crippen LogP contribution in [0.3, 0.4) is 0 Å². The molecule has 1 aromatic carbocycles. The van der Waals surface area contributed by atoms with Crippen LogP contribution in [0, 0.1) is 0 Å². The summed E-state index contributed by atoms with van der Waals surface area (Å²) in [6, 6.07) is 0.905. The van der Waals surface area contributed by atoms with Crippen LogP contribution in [0.1, 0.15) is 29.3 Å². The highest BCUT2D eigenvalue weighted by Gasteiger charge is 2.37. The van der Waals surface area contributed by atoms with Crippen LogP contribution in [-0.4, -0.2) is 46.4 Å². The summed E-state index contributed by atoms with van der Waals surface area (Å²) in [5.41, 5.74) is -0.347. The number of phenols is 2. The van der Waals surface area contributed by atoms with Gasteiger partial charge in [-0.1, -0.05) is 23.8 Å². The van der Waals surface area contributed by atoms with Gasteiger partial charge in [-0.2, -0.15) is 0 Å². The Bertz CT molecular complexity index is 888. The third-order valence-electron chi connectivity index (χ3n) is 4.29. The monoisotopic (exact) mass is 408 g/mol. The fourth-order valence-electron chi connectivity index (χ4n) is 3.02. The number of ether oxygens (including phenoxy) is 3. The number of halogens is 1. The molecule has 28 heavy (non-hydrogen) atoms. The van der Waals surface area contributed by atoms with Gasteiger partial charge < -0.3 is 24.4 Å². The summed E-state index contributed by atoms with van der Waals surface area (Å²) in [7, 11) is 0. The molecular formula is C19H17ClO8. The van der Waals surface area contributed by atoms with Gasteiger partial charge in [-0.15, -0.1) is 0 Å². The first-order valence-corrected chi connectivity index (χ1v) is 8.83. The zero-order valence-corrected chi connectivity index (χ0v) is 15.5. The molecule has 0 amide bonds. The maximum Gasteiger partial charge on any atom is 0.509 e. The van der Waals surface area contributed by atoms with Gasteiger partial charge in [0.05, 0.1) is 5.02 Å². The summed E-state index contributed by atoms with van der Waals surface area (Å²) in [6.07, 6.45) is 2.63. The van der Waals surface area contributed by atoms with Crippen LogP contribution in [0.15, 0.2) is 30.4 Å². The van der Waals surface area contributed by atoms with E-state index in [0.717, 1.165) is 6.07 Å². The number of cyclic esters (lactones) is 1. The number of aromatic hydroxyl groups is 2. The highest BCUT2D eigenvalue weighted by Crippen LogP contribution is 2.37. The second-order valence-electron chi connectivity index (χ2n) is 6.41. The average molecular weight is 409 g/mol. The van der Waals surface area contributed by atoms with Crippen molar-refractivity contribution in [3.05, 3.63) is 46.5 Å². The van der Waals surface area contributed by atoms with Crippen molar-refractivity contribution in [2.24, 2.45) is 0 Å². The van der Waals surface area contributed by atoms with Gasteiger partial charge >= 0.3 is 12.1 Å². The lowest BCUT2D eigenvalue weighted by atomic mass is 9.99. The van der Waals surface area contributed by atoms with Gasteiger partial charge in [0.25, 0.3) is 0 Å². The Hall–Kier alpha value is -3.00. The van der Waals surface area contributed by atoms with Crippen LogP contribution in [0.25, 0.3) is 0 Å². The molecule has 8 nitrogen and oxygen atoms in total. The fraction of sp³-hybridized carbons (Fsp3) is 0.316. The molecule has 3 rings (SSSR count). The summed E-state index contributed by atoms with van der Waals surface area (Å²) in [5, 5.41) is 19.8. The molecule has 148 valence electrons. The lowest BCUT2D eigenvalue weighted by Gasteiger charge is -2.20. The first-order valence-electron chi connectivity index (χ1n) is 8.45. The number of benzene rings is 1. The fourth-order valence-corrected chi connectivity index (χ4v) is 3.23. The third kappa shape index (κ3) is 4.12. The molecule has 0 unspecified atom stereocenters. The van der Waals surface area contributed by atoms with E-state index < -0.39 is 47.7 Å². The Morgan fingerprint density at radius 2 is 1.82 bits per heavy atom. The quantitative estimate of drug-likeness (QED) is 0.629. The Morgan fingerprint density at radius 3 is 2.57 bits per heavy atom. The molecule has 1 saturated heterocycles. The second-order valence-corrected chi connectivity index (χ2v) is 6.79. The molecule has 2 N–H and O–H groups in total. The van der Waals surface area contributed by atoms with Crippen molar-refractivity contribution in [2.45, 2.75) is 38.1 Å². The smallest absolute Gasteiger partial charge is 0.507 e. The Morgan fingerprint density at radius 1 is 1.07 bits per heavy atom. The molecule has 0 radical (unpaired) electrons. The standard InChI is InChI=1S/C19H17ClO8/c1-9-6-15-14(27-19(25)28-15)5-3-2-4-10(21)7-11-16(18(24)26-9)12(22)8-13(23)17(11)20/h2-5,8-9,14-15,22-23H,6-7H2,1H3/b4-2+,5-3-/t9-,14+,15-/m1/s1. The molecule has 0 aliphatic carbocycles.